The first kappa shape index (κ1) is 18.5. The monoisotopic (exact) mass is 356 g/mol. The Balaban J connectivity index is 2.10. The zero-order valence-corrected chi connectivity index (χ0v) is 14.3. The first-order valence-electron chi connectivity index (χ1n) is 7.59. The van der Waals surface area contributed by atoms with Gasteiger partial charge in [-0.15, -0.1) is 0 Å². The molecule has 2 rings (SSSR count). The number of nitrogens with zero attached hydrogens (tertiary/aromatic N) is 1. The number of H-pyrrole nitrogens is 1. The van der Waals surface area contributed by atoms with E-state index in [1.54, 1.807) is 13.1 Å². The number of ketones is 1. The van der Waals surface area contributed by atoms with Crippen molar-refractivity contribution in [3.63, 3.8) is 0 Å². The molecule has 1 aromatic heterocycles. The molecule has 0 aromatic carbocycles. The van der Waals surface area contributed by atoms with Crippen molar-refractivity contribution in [2.75, 3.05) is 6.61 Å². The van der Waals surface area contributed by atoms with Crippen LogP contribution >= 0.6 is 12.2 Å². The number of carbonyl (C=O) groups is 2. The van der Waals surface area contributed by atoms with E-state index in [0.29, 0.717) is 10.2 Å². The second-order valence-electron chi connectivity index (χ2n) is 5.76. The van der Waals surface area contributed by atoms with Crippen molar-refractivity contribution in [1.29, 1.82) is 0 Å². The minimum Gasteiger partial charge on any atom is -0.459 e. The summed E-state index contributed by atoms with van der Waals surface area (Å²) in [5.41, 5.74) is 0.270. The van der Waals surface area contributed by atoms with Crippen molar-refractivity contribution < 1.29 is 24.2 Å². The van der Waals surface area contributed by atoms with Crippen molar-refractivity contribution >= 4 is 24.0 Å². The van der Waals surface area contributed by atoms with Gasteiger partial charge in [-0.25, -0.2) is 4.79 Å². The van der Waals surface area contributed by atoms with Crippen molar-refractivity contribution in [2.45, 2.75) is 51.5 Å². The summed E-state index contributed by atoms with van der Waals surface area (Å²) in [6.45, 7) is 2.80. The summed E-state index contributed by atoms with van der Waals surface area (Å²) < 4.78 is 12.6. The largest absolute Gasteiger partial charge is 0.459 e. The lowest BCUT2D eigenvalue weighted by molar-refractivity contribution is -0.153. The van der Waals surface area contributed by atoms with Crippen LogP contribution in [0.1, 0.15) is 38.0 Å². The molecule has 3 atom stereocenters. The van der Waals surface area contributed by atoms with Crippen LogP contribution in [0.25, 0.3) is 0 Å². The van der Waals surface area contributed by atoms with Gasteiger partial charge in [0.1, 0.15) is 28.9 Å². The summed E-state index contributed by atoms with van der Waals surface area (Å²) in [4.78, 5) is 37.3. The lowest BCUT2D eigenvalue weighted by Crippen LogP contribution is -2.30. The van der Waals surface area contributed by atoms with E-state index in [9.17, 15) is 19.5 Å². The van der Waals surface area contributed by atoms with Gasteiger partial charge in [-0.1, -0.05) is 12.2 Å². The zero-order chi connectivity index (χ0) is 17.9. The normalized spacial score (nSPS) is 23.2. The molecule has 0 amide bonds. The Labute approximate surface area is 143 Å². The fourth-order valence-corrected chi connectivity index (χ4v) is 2.61. The number of Topliss-reactive ketones (excluding diaryl/α,β-unsaturated/α-hetero) is 1. The molecule has 0 spiro atoms. The SMILES string of the molecule is CC(=O)CCC(=O)O[C@H]1C[C@H](n2cc(C)c(=S)[nH]c2=O)O[C@@H]1CO. The number of ether oxygens (including phenoxy) is 2. The summed E-state index contributed by atoms with van der Waals surface area (Å²) in [5, 5.41) is 9.42. The standard InChI is InChI=1S/C15H20N2O6S/c1-8-6-17(15(21)16-14(8)24)12-5-10(11(7-18)22-12)23-13(20)4-3-9(2)19/h6,10-12,18H,3-5,7H2,1-2H3,(H,16,21,24)/t10-,11+,12+/m0/s1. The van der Waals surface area contributed by atoms with E-state index < -0.39 is 30.1 Å². The maximum Gasteiger partial charge on any atom is 0.328 e. The van der Waals surface area contributed by atoms with E-state index in [1.807, 2.05) is 0 Å². The Hall–Kier alpha value is -1.84. The van der Waals surface area contributed by atoms with Crippen molar-refractivity contribution in [1.82, 2.24) is 9.55 Å². The summed E-state index contributed by atoms with van der Waals surface area (Å²) in [6, 6.07) is 0. The van der Waals surface area contributed by atoms with Crippen LogP contribution in [0.2, 0.25) is 0 Å². The van der Waals surface area contributed by atoms with Gasteiger partial charge in [-0.3, -0.25) is 14.3 Å². The lowest BCUT2D eigenvalue weighted by atomic mass is 10.1. The third-order valence-electron chi connectivity index (χ3n) is 3.78. The second kappa shape index (κ2) is 7.82. The van der Waals surface area contributed by atoms with E-state index in [-0.39, 0.29) is 31.7 Å². The number of aromatic nitrogens is 2. The molecule has 1 aliphatic heterocycles. The number of aryl methyl sites for hydroxylation is 1. The number of nitrogens with one attached hydrogen (secondary N) is 1. The van der Waals surface area contributed by atoms with Crippen molar-refractivity contribution in [3.05, 3.63) is 26.9 Å². The highest BCUT2D eigenvalue weighted by Gasteiger charge is 2.38. The quantitative estimate of drug-likeness (QED) is 0.572. The Morgan fingerprint density at radius 3 is 2.83 bits per heavy atom. The van der Waals surface area contributed by atoms with Crippen LogP contribution in [0.15, 0.2) is 11.0 Å². The summed E-state index contributed by atoms with van der Waals surface area (Å²) in [7, 11) is 0. The molecule has 2 heterocycles. The second-order valence-corrected chi connectivity index (χ2v) is 6.16. The predicted octanol–water partition coefficient (Wildman–Crippen LogP) is 0.775. The number of hydrogen-bond acceptors (Lipinski definition) is 7. The average molecular weight is 356 g/mol. The fourth-order valence-electron chi connectivity index (χ4n) is 2.47. The van der Waals surface area contributed by atoms with Gasteiger partial charge in [0.05, 0.1) is 13.0 Å². The molecule has 24 heavy (non-hydrogen) atoms. The third kappa shape index (κ3) is 4.37. The van der Waals surface area contributed by atoms with E-state index >= 15 is 0 Å². The molecule has 9 heteroatoms. The fraction of sp³-hybridized carbons (Fsp3) is 0.600. The van der Waals surface area contributed by atoms with Gasteiger partial charge >= 0.3 is 11.7 Å². The van der Waals surface area contributed by atoms with Gasteiger partial charge in [-0.2, -0.15) is 0 Å². The minimum absolute atomic E-state index is 0.0217. The predicted molar refractivity (Wildman–Crippen MR) is 86.0 cm³/mol. The molecule has 0 bridgehead atoms. The summed E-state index contributed by atoms with van der Waals surface area (Å²) in [5.74, 6) is -0.637. The maximum atomic E-state index is 12.0. The molecule has 0 aliphatic carbocycles. The molecule has 1 aromatic rings. The van der Waals surface area contributed by atoms with E-state index in [1.165, 1.54) is 11.5 Å². The van der Waals surface area contributed by atoms with Crippen LogP contribution in [-0.2, 0) is 19.1 Å². The number of aliphatic hydroxyl groups excluding tert-OH is 1. The Bertz CT molecular complexity index is 740. The van der Waals surface area contributed by atoms with E-state index in [4.69, 9.17) is 21.7 Å². The highest BCUT2D eigenvalue weighted by atomic mass is 32.1. The number of rotatable bonds is 6. The van der Waals surface area contributed by atoms with Crippen LogP contribution in [0.4, 0.5) is 0 Å². The average Bonchev–Trinajstić information content (AvgIpc) is 2.91. The molecule has 1 fully saturated rings. The molecule has 8 nitrogen and oxygen atoms in total. The van der Waals surface area contributed by atoms with Crippen molar-refractivity contribution in [3.8, 4) is 0 Å². The zero-order valence-electron chi connectivity index (χ0n) is 13.5. The summed E-state index contributed by atoms with van der Waals surface area (Å²) in [6.07, 6.45) is -0.215. The van der Waals surface area contributed by atoms with Gasteiger partial charge in [0.2, 0.25) is 0 Å². The highest BCUT2D eigenvalue weighted by Crippen LogP contribution is 2.30. The third-order valence-corrected chi connectivity index (χ3v) is 4.20. The number of hydrogen-bond donors (Lipinski definition) is 2. The number of aromatic amines is 1. The first-order chi connectivity index (χ1) is 11.3. The Morgan fingerprint density at radius 2 is 2.21 bits per heavy atom. The molecular weight excluding hydrogens is 336 g/mol. The van der Waals surface area contributed by atoms with Gasteiger partial charge in [-0.05, 0) is 13.8 Å². The van der Waals surface area contributed by atoms with E-state index in [0.717, 1.165) is 0 Å². The molecule has 2 N–H and O–H groups in total. The topological polar surface area (TPSA) is 111 Å². The minimum atomic E-state index is -0.730. The highest BCUT2D eigenvalue weighted by molar-refractivity contribution is 7.71. The van der Waals surface area contributed by atoms with E-state index in [2.05, 4.69) is 4.98 Å². The molecule has 1 aliphatic rings. The van der Waals surface area contributed by atoms with Crippen LogP contribution < -0.4 is 5.69 Å². The van der Waals surface area contributed by atoms with Gasteiger partial charge in [0.25, 0.3) is 0 Å². The molecule has 1 saturated heterocycles. The van der Waals surface area contributed by atoms with Gasteiger partial charge < -0.3 is 19.4 Å². The Morgan fingerprint density at radius 1 is 1.50 bits per heavy atom. The first-order valence-corrected chi connectivity index (χ1v) is 8.00. The number of esters is 1. The van der Waals surface area contributed by atoms with Gasteiger partial charge in [0.15, 0.2) is 0 Å². The van der Waals surface area contributed by atoms with Crippen LogP contribution in [0.3, 0.4) is 0 Å². The number of carbonyl (C=O) groups excluding carboxylic acids is 2. The molecule has 0 radical (unpaired) electrons. The number of aliphatic hydroxyl groups is 1. The molecule has 132 valence electrons. The Kier molecular flexibility index (Phi) is 6.03. The molecule has 0 saturated carbocycles. The van der Waals surface area contributed by atoms with Crippen LogP contribution in [0.5, 0.6) is 0 Å². The molecule has 0 unspecified atom stereocenters. The summed E-state index contributed by atoms with van der Waals surface area (Å²) >= 11 is 5.00. The smallest absolute Gasteiger partial charge is 0.328 e. The van der Waals surface area contributed by atoms with Crippen LogP contribution in [0, 0.1) is 11.6 Å². The molecular formula is C15H20N2O6S. The van der Waals surface area contributed by atoms with Crippen LogP contribution in [-0.4, -0.2) is 45.2 Å². The lowest BCUT2D eigenvalue weighted by Gasteiger charge is -2.16. The van der Waals surface area contributed by atoms with Gasteiger partial charge in [0, 0.05) is 24.6 Å². The maximum absolute atomic E-state index is 12.0. The van der Waals surface area contributed by atoms with Crippen molar-refractivity contribution in [2.24, 2.45) is 0 Å².